The lowest BCUT2D eigenvalue weighted by atomic mass is 10.2. The molecular weight excluding hydrogens is 330 g/mol. The van der Waals surface area contributed by atoms with Gasteiger partial charge in [-0.05, 0) is 32.9 Å². The van der Waals surface area contributed by atoms with Crippen LogP contribution in [0.4, 0.5) is 4.79 Å². The Morgan fingerprint density at radius 1 is 1.38 bits per heavy atom. The van der Waals surface area contributed by atoms with Gasteiger partial charge in [-0.3, -0.25) is 14.7 Å². The molecule has 24 heavy (non-hydrogen) atoms. The fourth-order valence-corrected chi connectivity index (χ4v) is 2.48. The number of nitrogens with zero attached hydrogens (tertiary/aromatic N) is 2. The predicted molar refractivity (Wildman–Crippen MR) is 93.4 cm³/mol. The maximum absolute atomic E-state index is 12.4. The highest BCUT2D eigenvalue weighted by atomic mass is 35.5. The minimum atomic E-state index is -0.560. The molecule has 1 aromatic carbocycles. The second kappa shape index (κ2) is 7.66. The number of carbonyl (C=O) groups excluding carboxylic acids is 2. The van der Waals surface area contributed by atoms with Crippen LogP contribution in [0.15, 0.2) is 29.3 Å². The zero-order chi connectivity index (χ0) is 17.7. The molecule has 0 aliphatic carbocycles. The van der Waals surface area contributed by atoms with Crippen molar-refractivity contribution in [2.75, 3.05) is 19.6 Å². The third kappa shape index (κ3) is 5.23. The molecular formula is C17H22ClN3O3. The van der Waals surface area contributed by atoms with Crippen molar-refractivity contribution in [1.29, 1.82) is 0 Å². The summed E-state index contributed by atoms with van der Waals surface area (Å²) in [5.41, 5.74) is 0.253. The number of halogens is 1. The van der Waals surface area contributed by atoms with Crippen LogP contribution in [0, 0.1) is 0 Å². The van der Waals surface area contributed by atoms with E-state index >= 15 is 0 Å². The number of alkyl carbamates (subject to hydrolysis) is 1. The van der Waals surface area contributed by atoms with Gasteiger partial charge in [-0.2, -0.15) is 0 Å². The molecule has 6 nitrogen and oxygen atoms in total. The smallest absolute Gasteiger partial charge is 0.407 e. The van der Waals surface area contributed by atoms with E-state index in [0.29, 0.717) is 23.9 Å². The van der Waals surface area contributed by atoms with Gasteiger partial charge in [0.2, 0.25) is 5.91 Å². The lowest BCUT2D eigenvalue weighted by Gasteiger charge is -2.21. The van der Waals surface area contributed by atoms with E-state index in [2.05, 4.69) is 10.3 Å². The zero-order valence-electron chi connectivity index (χ0n) is 14.1. The van der Waals surface area contributed by atoms with Crippen LogP contribution >= 0.6 is 11.6 Å². The third-order valence-electron chi connectivity index (χ3n) is 3.23. The number of nitrogens with one attached hydrogen (secondary N) is 1. The monoisotopic (exact) mass is 351 g/mol. The lowest BCUT2D eigenvalue weighted by Crippen LogP contribution is -2.38. The number of benzene rings is 1. The summed E-state index contributed by atoms with van der Waals surface area (Å²) in [6, 6.07) is 7.25. The van der Waals surface area contributed by atoms with Crippen LogP contribution in [0.2, 0.25) is 5.02 Å². The van der Waals surface area contributed by atoms with Gasteiger partial charge in [0.1, 0.15) is 11.4 Å². The highest BCUT2D eigenvalue weighted by Gasteiger charge is 2.25. The molecule has 0 spiro atoms. The molecule has 0 aromatic heterocycles. The van der Waals surface area contributed by atoms with Crippen molar-refractivity contribution < 1.29 is 14.3 Å². The fraction of sp³-hybridized carbons (Fsp3) is 0.471. The van der Waals surface area contributed by atoms with Crippen LogP contribution in [0.3, 0.4) is 0 Å². The summed E-state index contributed by atoms with van der Waals surface area (Å²) < 4.78 is 5.14. The maximum Gasteiger partial charge on any atom is 0.407 e. The van der Waals surface area contributed by atoms with Gasteiger partial charge in [-0.1, -0.05) is 23.7 Å². The summed E-state index contributed by atoms with van der Waals surface area (Å²) in [7, 11) is 0. The summed E-state index contributed by atoms with van der Waals surface area (Å²) in [5.74, 6) is 0.530. The molecule has 7 heteroatoms. The van der Waals surface area contributed by atoms with Gasteiger partial charge < -0.3 is 10.1 Å². The van der Waals surface area contributed by atoms with E-state index in [9.17, 15) is 9.59 Å². The highest BCUT2D eigenvalue weighted by Crippen LogP contribution is 2.17. The van der Waals surface area contributed by atoms with Crippen molar-refractivity contribution in [3.05, 3.63) is 34.9 Å². The number of aliphatic imine (C=N–C) groups is 1. The maximum atomic E-state index is 12.4. The van der Waals surface area contributed by atoms with Crippen molar-refractivity contribution >= 4 is 29.4 Å². The SMILES string of the molecule is CC(C)(C)OC(=O)NCCC(=O)N1CCN=C1c1cccc(Cl)c1. The van der Waals surface area contributed by atoms with Gasteiger partial charge in [0, 0.05) is 30.1 Å². The van der Waals surface area contributed by atoms with Gasteiger partial charge in [0.05, 0.1) is 6.54 Å². The molecule has 1 heterocycles. The second-order valence-corrected chi connectivity index (χ2v) is 6.88. The summed E-state index contributed by atoms with van der Waals surface area (Å²) in [5, 5.41) is 3.19. The molecule has 2 amide bonds. The minimum absolute atomic E-state index is 0.0951. The van der Waals surface area contributed by atoms with E-state index in [1.165, 1.54) is 0 Å². The summed E-state index contributed by atoms with van der Waals surface area (Å²) >= 11 is 6.00. The van der Waals surface area contributed by atoms with E-state index in [1.54, 1.807) is 37.8 Å². The number of amides is 2. The Morgan fingerprint density at radius 2 is 2.12 bits per heavy atom. The predicted octanol–water partition coefficient (Wildman–Crippen LogP) is 2.84. The number of hydrogen-bond donors (Lipinski definition) is 1. The Labute approximate surface area is 146 Å². The van der Waals surface area contributed by atoms with Crippen molar-refractivity contribution in [3.63, 3.8) is 0 Å². The molecule has 0 fully saturated rings. The van der Waals surface area contributed by atoms with E-state index in [4.69, 9.17) is 16.3 Å². The fourth-order valence-electron chi connectivity index (χ4n) is 2.29. The number of hydrogen-bond acceptors (Lipinski definition) is 4. The number of carbonyl (C=O) groups is 2. The molecule has 1 aliphatic rings. The Balaban J connectivity index is 1.88. The highest BCUT2D eigenvalue weighted by molar-refractivity contribution is 6.31. The summed E-state index contributed by atoms with van der Waals surface area (Å²) in [6.45, 7) is 6.67. The second-order valence-electron chi connectivity index (χ2n) is 6.44. The molecule has 2 rings (SSSR count). The van der Waals surface area contributed by atoms with E-state index in [-0.39, 0.29) is 18.9 Å². The van der Waals surface area contributed by atoms with Crippen LogP contribution in [-0.2, 0) is 9.53 Å². The largest absolute Gasteiger partial charge is 0.444 e. The van der Waals surface area contributed by atoms with Crippen LogP contribution in [-0.4, -0.2) is 48.0 Å². The normalized spacial score (nSPS) is 14.3. The van der Waals surface area contributed by atoms with Crippen LogP contribution in [0.25, 0.3) is 0 Å². The molecule has 1 aromatic rings. The molecule has 0 unspecified atom stereocenters. The molecule has 0 saturated carbocycles. The molecule has 0 radical (unpaired) electrons. The van der Waals surface area contributed by atoms with Gasteiger partial charge in [-0.15, -0.1) is 0 Å². The minimum Gasteiger partial charge on any atom is -0.444 e. The Bertz CT molecular complexity index is 653. The van der Waals surface area contributed by atoms with Crippen LogP contribution < -0.4 is 5.32 Å². The average molecular weight is 352 g/mol. The van der Waals surface area contributed by atoms with E-state index in [0.717, 1.165) is 5.56 Å². The molecule has 1 aliphatic heterocycles. The zero-order valence-corrected chi connectivity index (χ0v) is 14.9. The van der Waals surface area contributed by atoms with Crippen molar-refractivity contribution in [3.8, 4) is 0 Å². The molecule has 0 atom stereocenters. The lowest BCUT2D eigenvalue weighted by molar-refractivity contribution is -0.126. The van der Waals surface area contributed by atoms with Gasteiger partial charge >= 0.3 is 6.09 Å². The number of amidine groups is 1. The molecule has 1 N–H and O–H groups in total. The first-order valence-corrected chi connectivity index (χ1v) is 8.22. The third-order valence-corrected chi connectivity index (χ3v) is 3.47. The van der Waals surface area contributed by atoms with Crippen molar-refractivity contribution in [2.24, 2.45) is 4.99 Å². The molecule has 0 saturated heterocycles. The van der Waals surface area contributed by atoms with E-state index < -0.39 is 11.7 Å². The topological polar surface area (TPSA) is 71.0 Å². The van der Waals surface area contributed by atoms with Gasteiger partial charge in [-0.25, -0.2) is 4.79 Å². The molecule has 130 valence electrons. The quantitative estimate of drug-likeness (QED) is 0.906. The van der Waals surface area contributed by atoms with Gasteiger partial charge in [0.25, 0.3) is 0 Å². The number of rotatable bonds is 4. The van der Waals surface area contributed by atoms with Crippen molar-refractivity contribution in [1.82, 2.24) is 10.2 Å². The van der Waals surface area contributed by atoms with Crippen LogP contribution in [0.1, 0.15) is 32.8 Å². The Hall–Kier alpha value is -2.08. The van der Waals surface area contributed by atoms with Gasteiger partial charge in [0.15, 0.2) is 0 Å². The first-order valence-electron chi connectivity index (χ1n) is 7.84. The summed E-state index contributed by atoms with van der Waals surface area (Å²) in [6.07, 6.45) is -0.348. The standard InChI is InChI=1S/C17H22ClN3O3/c1-17(2,3)24-16(23)20-8-7-14(22)21-10-9-19-15(21)12-5-4-6-13(18)11-12/h4-6,11H,7-10H2,1-3H3,(H,20,23). The van der Waals surface area contributed by atoms with Crippen molar-refractivity contribution in [2.45, 2.75) is 32.8 Å². The molecule has 0 bridgehead atoms. The average Bonchev–Trinajstić information content (AvgIpc) is 2.94. The Kier molecular flexibility index (Phi) is 5.83. The first-order chi connectivity index (χ1) is 11.3. The first kappa shape index (κ1) is 18.3. The van der Waals surface area contributed by atoms with Crippen LogP contribution in [0.5, 0.6) is 0 Å². The summed E-state index contributed by atoms with van der Waals surface area (Å²) in [4.78, 5) is 30.0. The van der Waals surface area contributed by atoms with E-state index in [1.807, 2.05) is 12.1 Å². The number of ether oxygens (including phenoxy) is 1. The Morgan fingerprint density at radius 3 is 2.79 bits per heavy atom.